The maximum absolute atomic E-state index is 12.7. The zero-order chi connectivity index (χ0) is 18.6. The average Bonchev–Trinajstić information content (AvgIpc) is 2.67. The molecule has 0 radical (unpaired) electrons. The number of halogens is 2. The van der Waals surface area contributed by atoms with Crippen LogP contribution in [0.25, 0.3) is 0 Å². The topological polar surface area (TPSA) is 85.1 Å². The van der Waals surface area contributed by atoms with Gasteiger partial charge < -0.3 is 25.0 Å². The summed E-state index contributed by atoms with van der Waals surface area (Å²) in [6.45, 7) is 2.96. The van der Waals surface area contributed by atoms with Crippen LogP contribution >= 0.6 is 24.0 Å². The molecule has 1 aromatic carbocycles. The Kier molecular flexibility index (Phi) is 7.73. The fraction of sp³-hybridized carbons (Fsp3) is 0.556. The van der Waals surface area contributed by atoms with Crippen molar-refractivity contribution < 1.29 is 19.1 Å². The van der Waals surface area contributed by atoms with Gasteiger partial charge in [0.25, 0.3) is 5.91 Å². The summed E-state index contributed by atoms with van der Waals surface area (Å²) < 4.78 is 10.8. The Balaban J connectivity index is 0.00000261. The zero-order valence-corrected chi connectivity index (χ0v) is 16.6. The highest BCUT2D eigenvalue weighted by Gasteiger charge is 2.40. The van der Waals surface area contributed by atoms with E-state index in [0.29, 0.717) is 63.0 Å². The Bertz CT molecular complexity index is 643. The number of benzene rings is 1. The third-order valence-electron chi connectivity index (χ3n) is 4.91. The lowest BCUT2D eigenvalue weighted by atomic mass is 9.89. The SMILES string of the molecule is Cl.NC1(C(=O)N2CCN(C(=O)COc3ccc(Cl)cc3)CC2)CCOCC1. The Hall–Kier alpha value is -1.54. The van der Waals surface area contributed by atoms with Gasteiger partial charge in [-0.05, 0) is 37.1 Å². The highest BCUT2D eigenvalue weighted by molar-refractivity contribution is 6.30. The van der Waals surface area contributed by atoms with Crippen molar-refractivity contribution in [2.24, 2.45) is 5.73 Å². The van der Waals surface area contributed by atoms with Gasteiger partial charge in [-0.15, -0.1) is 12.4 Å². The van der Waals surface area contributed by atoms with Crippen molar-refractivity contribution in [3.8, 4) is 5.75 Å². The largest absolute Gasteiger partial charge is 0.484 e. The lowest BCUT2D eigenvalue weighted by molar-refractivity contribution is -0.146. The maximum atomic E-state index is 12.7. The lowest BCUT2D eigenvalue weighted by Crippen LogP contribution is -2.61. The molecule has 2 N–H and O–H groups in total. The summed E-state index contributed by atoms with van der Waals surface area (Å²) in [5.41, 5.74) is 5.44. The molecule has 27 heavy (non-hydrogen) atoms. The van der Waals surface area contributed by atoms with Gasteiger partial charge in [0.1, 0.15) is 5.75 Å². The fourth-order valence-corrected chi connectivity index (χ4v) is 3.32. The van der Waals surface area contributed by atoms with Crippen molar-refractivity contribution in [2.45, 2.75) is 18.4 Å². The van der Waals surface area contributed by atoms with Gasteiger partial charge in [-0.1, -0.05) is 11.6 Å². The monoisotopic (exact) mass is 417 g/mol. The van der Waals surface area contributed by atoms with E-state index in [-0.39, 0.29) is 30.8 Å². The van der Waals surface area contributed by atoms with E-state index in [1.54, 1.807) is 34.1 Å². The molecule has 0 unspecified atom stereocenters. The van der Waals surface area contributed by atoms with Crippen molar-refractivity contribution in [1.82, 2.24) is 9.80 Å². The number of piperazine rings is 1. The predicted octanol–water partition coefficient (Wildman–Crippen LogP) is 1.32. The first-order chi connectivity index (χ1) is 12.5. The molecular formula is C18H25Cl2N3O4. The molecule has 150 valence electrons. The van der Waals surface area contributed by atoms with E-state index in [1.807, 2.05) is 0 Å². The second-order valence-corrected chi connectivity index (χ2v) is 7.12. The minimum absolute atomic E-state index is 0. The molecule has 2 aliphatic rings. The summed E-state index contributed by atoms with van der Waals surface area (Å²) in [6.07, 6.45) is 1.08. The van der Waals surface area contributed by atoms with Crippen LogP contribution in [0.4, 0.5) is 0 Å². The third-order valence-corrected chi connectivity index (χ3v) is 5.16. The highest BCUT2D eigenvalue weighted by Crippen LogP contribution is 2.21. The molecule has 9 heteroatoms. The van der Waals surface area contributed by atoms with Gasteiger partial charge >= 0.3 is 0 Å². The van der Waals surface area contributed by atoms with Gasteiger partial charge in [0.05, 0.1) is 5.54 Å². The molecule has 2 amide bonds. The number of ether oxygens (including phenoxy) is 2. The van der Waals surface area contributed by atoms with E-state index in [9.17, 15) is 9.59 Å². The van der Waals surface area contributed by atoms with Gasteiger partial charge in [0, 0.05) is 44.4 Å². The summed E-state index contributed by atoms with van der Waals surface area (Å²) in [4.78, 5) is 28.5. The lowest BCUT2D eigenvalue weighted by Gasteiger charge is -2.40. The summed E-state index contributed by atoms with van der Waals surface area (Å²) in [6, 6.07) is 6.87. The zero-order valence-electron chi connectivity index (χ0n) is 15.1. The summed E-state index contributed by atoms with van der Waals surface area (Å²) in [7, 11) is 0. The molecule has 7 nitrogen and oxygen atoms in total. The Morgan fingerprint density at radius 3 is 2.22 bits per heavy atom. The van der Waals surface area contributed by atoms with Gasteiger partial charge in [-0.3, -0.25) is 9.59 Å². The molecule has 2 fully saturated rings. The number of amides is 2. The number of carbonyl (C=O) groups excluding carboxylic acids is 2. The van der Waals surface area contributed by atoms with Crippen LogP contribution in [0.5, 0.6) is 5.75 Å². The van der Waals surface area contributed by atoms with Gasteiger partial charge in [-0.2, -0.15) is 0 Å². The van der Waals surface area contributed by atoms with Crippen molar-refractivity contribution >= 4 is 35.8 Å². The van der Waals surface area contributed by atoms with E-state index in [1.165, 1.54) is 0 Å². The van der Waals surface area contributed by atoms with Crippen LogP contribution in [-0.4, -0.2) is 73.2 Å². The number of hydrogen-bond acceptors (Lipinski definition) is 5. The van der Waals surface area contributed by atoms with Crippen molar-refractivity contribution in [3.63, 3.8) is 0 Å². The Morgan fingerprint density at radius 2 is 1.63 bits per heavy atom. The smallest absolute Gasteiger partial charge is 0.260 e. The van der Waals surface area contributed by atoms with E-state index in [0.717, 1.165) is 0 Å². The highest BCUT2D eigenvalue weighted by atomic mass is 35.5. The second-order valence-electron chi connectivity index (χ2n) is 6.68. The van der Waals surface area contributed by atoms with Crippen molar-refractivity contribution in [3.05, 3.63) is 29.3 Å². The number of hydrogen-bond donors (Lipinski definition) is 1. The summed E-state index contributed by atoms with van der Waals surface area (Å²) in [5, 5.41) is 0.617. The van der Waals surface area contributed by atoms with Crippen LogP contribution in [0, 0.1) is 0 Å². The van der Waals surface area contributed by atoms with Gasteiger partial charge in [0.15, 0.2) is 6.61 Å². The summed E-state index contributed by atoms with van der Waals surface area (Å²) in [5.74, 6) is 0.465. The fourth-order valence-electron chi connectivity index (χ4n) is 3.19. The molecular weight excluding hydrogens is 393 g/mol. The first-order valence-electron chi connectivity index (χ1n) is 8.80. The van der Waals surface area contributed by atoms with Gasteiger partial charge in [-0.25, -0.2) is 0 Å². The molecule has 0 spiro atoms. The molecule has 0 saturated carbocycles. The number of nitrogens with two attached hydrogens (primary N) is 1. The quantitative estimate of drug-likeness (QED) is 0.798. The van der Waals surface area contributed by atoms with Crippen molar-refractivity contribution in [1.29, 1.82) is 0 Å². The maximum Gasteiger partial charge on any atom is 0.260 e. The van der Waals surface area contributed by atoms with Crippen LogP contribution in [0.2, 0.25) is 5.02 Å². The number of nitrogens with zero attached hydrogens (tertiary/aromatic N) is 2. The summed E-state index contributed by atoms with van der Waals surface area (Å²) >= 11 is 5.82. The van der Waals surface area contributed by atoms with Gasteiger partial charge in [0.2, 0.25) is 5.91 Å². The van der Waals surface area contributed by atoms with Crippen LogP contribution in [0.1, 0.15) is 12.8 Å². The first kappa shape index (κ1) is 21.8. The molecule has 0 aliphatic carbocycles. The molecule has 0 bridgehead atoms. The van der Waals surface area contributed by atoms with E-state index in [2.05, 4.69) is 0 Å². The molecule has 2 saturated heterocycles. The molecule has 0 aromatic heterocycles. The van der Waals surface area contributed by atoms with Crippen molar-refractivity contribution in [2.75, 3.05) is 46.0 Å². The standard InChI is InChI=1S/C18H24ClN3O4.ClH/c19-14-1-3-15(4-2-14)26-13-16(23)21-7-9-22(10-8-21)17(24)18(20)5-11-25-12-6-18;/h1-4H,5-13,20H2;1H. The number of rotatable bonds is 4. The van der Waals surface area contributed by atoms with E-state index in [4.69, 9.17) is 26.8 Å². The molecule has 2 heterocycles. The molecule has 1 aromatic rings. The van der Waals surface area contributed by atoms with Crippen LogP contribution in [-0.2, 0) is 14.3 Å². The Labute approximate surface area is 170 Å². The van der Waals surface area contributed by atoms with Crippen LogP contribution in [0.15, 0.2) is 24.3 Å². The molecule has 2 aliphatic heterocycles. The second kappa shape index (κ2) is 9.59. The minimum atomic E-state index is -0.831. The predicted molar refractivity (Wildman–Crippen MR) is 104 cm³/mol. The normalized spacial score (nSPS) is 19.2. The van der Waals surface area contributed by atoms with E-state index >= 15 is 0 Å². The number of carbonyl (C=O) groups is 2. The van der Waals surface area contributed by atoms with E-state index < -0.39 is 5.54 Å². The first-order valence-corrected chi connectivity index (χ1v) is 9.18. The molecule has 3 rings (SSSR count). The van der Waals surface area contributed by atoms with Crippen LogP contribution < -0.4 is 10.5 Å². The average molecular weight is 418 g/mol. The Morgan fingerprint density at radius 1 is 1.07 bits per heavy atom. The minimum Gasteiger partial charge on any atom is -0.484 e. The molecule has 0 atom stereocenters. The third kappa shape index (κ3) is 5.48. The van der Waals surface area contributed by atoms with Crippen LogP contribution in [0.3, 0.4) is 0 Å².